The van der Waals surface area contributed by atoms with Crippen LogP contribution in [-0.4, -0.2) is 37.2 Å². The Kier molecular flexibility index (Phi) is 13.0. The van der Waals surface area contributed by atoms with Crippen molar-refractivity contribution in [3.63, 3.8) is 0 Å². The molecule has 0 fully saturated rings. The molecule has 0 aliphatic heterocycles. The van der Waals surface area contributed by atoms with Crippen molar-refractivity contribution in [3.05, 3.63) is 0 Å². The lowest BCUT2D eigenvalue weighted by Crippen LogP contribution is -1.93. The molecule has 0 heterocycles. The predicted molar refractivity (Wildman–Crippen MR) is 56.2 cm³/mol. The molecule has 94 valence electrons. The zero-order valence-corrected chi connectivity index (χ0v) is 11.0. The summed E-state index contributed by atoms with van der Waals surface area (Å²) in [5.74, 6) is 0. The largest absolute Gasteiger partial charge is 0.472 e. The standard InChI is InChI=1S/C4H11O4P.C2H7O3P/c1-3-7-9(5,6)8-4-2;1-4-6(3)5-2/h3-4H2,1-2H3,(H,5,6);3H,1-2H3. The van der Waals surface area contributed by atoms with E-state index < -0.39 is 16.4 Å². The quantitative estimate of drug-likeness (QED) is 0.704. The Morgan fingerprint density at radius 3 is 1.60 bits per heavy atom. The second kappa shape index (κ2) is 10.9. The van der Waals surface area contributed by atoms with Crippen LogP contribution in [0.3, 0.4) is 0 Å². The Labute approximate surface area is 90.9 Å². The van der Waals surface area contributed by atoms with Gasteiger partial charge in [0, 0.05) is 14.2 Å². The molecule has 0 atom stereocenters. The zero-order valence-electron chi connectivity index (χ0n) is 9.24. The Morgan fingerprint density at radius 1 is 1.13 bits per heavy atom. The van der Waals surface area contributed by atoms with Crippen molar-refractivity contribution in [2.24, 2.45) is 0 Å². The third-order valence-electron chi connectivity index (χ3n) is 0.897. The topological polar surface area (TPSA) is 94.5 Å². The van der Waals surface area contributed by atoms with Gasteiger partial charge in [0.05, 0.1) is 13.2 Å². The minimum absolute atomic E-state index is 0.188. The fourth-order valence-corrected chi connectivity index (χ4v) is 1.31. The minimum atomic E-state index is -3.69. The van der Waals surface area contributed by atoms with E-state index in [1.807, 2.05) is 0 Å². The molecule has 0 aromatic carbocycles. The molecule has 0 amide bonds. The molecular weight excluding hydrogens is 246 g/mol. The minimum Gasteiger partial charge on any atom is -0.328 e. The highest BCUT2D eigenvalue weighted by Crippen LogP contribution is 2.42. The van der Waals surface area contributed by atoms with E-state index in [1.165, 1.54) is 14.2 Å². The van der Waals surface area contributed by atoms with Crippen LogP contribution >= 0.6 is 16.4 Å². The van der Waals surface area contributed by atoms with Crippen molar-refractivity contribution in [1.82, 2.24) is 0 Å². The van der Waals surface area contributed by atoms with Gasteiger partial charge in [0.15, 0.2) is 0 Å². The van der Waals surface area contributed by atoms with Crippen molar-refractivity contribution in [2.45, 2.75) is 13.8 Å². The summed E-state index contributed by atoms with van der Waals surface area (Å²) in [6.07, 6.45) is 0. The first-order valence-electron chi connectivity index (χ1n) is 4.12. The molecule has 0 unspecified atom stereocenters. The molecule has 0 aromatic rings. The molecule has 0 rings (SSSR count). The first kappa shape index (κ1) is 17.8. The monoisotopic (exact) mass is 264 g/mol. The molecule has 0 aliphatic rings. The molecule has 15 heavy (non-hydrogen) atoms. The molecule has 0 spiro atoms. The van der Waals surface area contributed by atoms with Crippen molar-refractivity contribution < 1.29 is 32.4 Å². The summed E-state index contributed by atoms with van der Waals surface area (Å²) < 4.78 is 27.8. The molecule has 7 nitrogen and oxygen atoms in total. The van der Waals surface area contributed by atoms with E-state index in [2.05, 4.69) is 18.1 Å². The van der Waals surface area contributed by atoms with Gasteiger partial charge >= 0.3 is 16.4 Å². The molecule has 0 bridgehead atoms. The highest BCUT2D eigenvalue weighted by atomic mass is 31.2. The van der Waals surface area contributed by atoms with Gasteiger partial charge in [-0.15, -0.1) is 0 Å². The lowest BCUT2D eigenvalue weighted by Gasteiger charge is -2.07. The van der Waals surface area contributed by atoms with Gasteiger partial charge < -0.3 is 18.8 Å². The molecule has 0 saturated carbocycles. The Bertz CT molecular complexity index is 163. The summed E-state index contributed by atoms with van der Waals surface area (Å²) in [4.78, 5) is 16.9. The highest BCUT2D eigenvalue weighted by Gasteiger charge is 2.17. The normalized spacial score (nSPS) is 11.1. The summed E-state index contributed by atoms with van der Waals surface area (Å²) in [5, 5.41) is 0. The summed E-state index contributed by atoms with van der Waals surface area (Å²) in [6.45, 7) is 3.63. The Morgan fingerprint density at radius 2 is 1.47 bits per heavy atom. The van der Waals surface area contributed by atoms with E-state index in [0.29, 0.717) is 0 Å². The van der Waals surface area contributed by atoms with Crippen LogP contribution in [0.2, 0.25) is 0 Å². The van der Waals surface area contributed by atoms with Crippen molar-refractivity contribution in [3.8, 4) is 0 Å². The molecule has 9 heteroatoms. The second-order valence-corrected chi connectivity index (χ2v) is 4.57. The van der Waals surface area contributed by atoms with Crippen LogP contribution in [0.15, 0.2) is 0 Å². The SMILES string of the molecule is CCOP(=O)(O)OCC.COP(O)OC. The van der Waals surface area contributed by atoms with Gasteiger partial charge in [0.25, 0.3) is 0 Å². The van der Waals surface area contributed by atoms with Crippen molar-refractivity contribution in [1.29, 1.82) is 0 Å². The number of hydrogen-bond acceptors (Lipinski definition) is 6. The molecule has 0 radical (unpaired) electrons. The van der Waals surface area contributed by atoms with E-state index in [9.17, 15) is 4.57 Å². The maximum atomic E-state index is 10.5. The van der Waals surface area contributed by atoms with Gasteiger partial charge in [-0.05, 0) is 13.8 Å². The average molecular weight is 264 g/mol. The number of phosphoric ester groups is 1. The summed E-state index contributed by atoms with van der Waals surface area (Å²) in [6, 6.07) is 0. The van der Waals surface area contributed by atoms with Gasteiger partial charge in [-0.2, -0.15) is 0 Å². The summed E-state index contributed by atoms with van der Waals surface area (Å²) in [5.41, 5.74) is 0. The van der Waals surface area contributed by atoms with E-state index in [1.54, 1.807) is 13.8 Å². The highest BCUT2D eigenvalue weighted by molar-refractivity contribution is 7.47. The van der Waals surface area contributed by atoms with Crippen LogP contribution < -0.4 is 0 Å². The van der Waals surface area contributed by atoms with Gasteiger partial charge in [0.2, 0.25) is 0 Å². The molecule has 0 aromatic heterocycles. The number of phosphoric acid groups is 1. The third-order valence-corrected chi connectivity index (χ3v) is 2.69. The van der Waals surface area contributed by atoms with Gasteiger partial charge in [-0.3, -0.25) is 9.05 Å². The van der Waals surface area contributed by atoms with E-state index >= 15 is 0 Å². The number of rotatable bonds is 6. The maximum Gasteiger partial charge on any atom is 0.472 e. The Hall–Kier alpha value is 0.420. The predicted octanol–water partition coefficient (Wildman–Crippen LogP) is 1.66. The molecule has 0 saturated heterocycles. The molecule has 0 aliphatic carbocycles. The van der Waals surface area contributed by atoms with Gasteiger partial charge in [-0.1, -0.05) is 0 Å². The Balaban J connectivity index is 0. The summed E-state index contributed by atoms with van der Waals surface area (Å²) >= 11 is 0. The lowest BCUT2D eigenvalue weighted by atomic mass is 10.9. The van der Waals surface area contributed by atoms with E-state index in [-0.39, 0.29) is 13.2 Å². The fourth-order valence-electron chi connectivity index (χ4n) is 0.438. The number of hydrogen-bond donors (Lipinski definition) is 2. The summed E-state index contributed by atoms with van der Waals surface area (Å²) in [7, 11) is -2.50. The smallest absolute Gasteiger partial charge is 0.328 e. The van der Waals surface area contributed by atoms with Crippen LogP contribution in [0.1, 0.15) is 13.8 Å². The first-order valence-corrected chi connectivity index (χ1v) is 6.75. The third kappa shape index (κ3) is 14.4. The first-order chi connectivity index (χ1) is 6.93. The van der Waals surface area contributed by atoms with E-state index in [4.69, 9.17) is 9.79 Å². The van der Waals surface area contributed by atoms with Crippen LogP contribution in [0.5, 0.6) is 0 Å². The maximum absolute atomic E-state index is 10.5. The zero-order chi connectivity index (χ0) is 12.3. The van der Waals surface area contributed by atoms with Crippen molar-refractivity contribution in [2.75, 3.05) is 27.4 Å². The molecular formula is C6H18O7P2. The van der Waals surface area contributed by atoms with E-state index in [0.717, 1.165) is 0 Å². The molecule has 2 N–H and O–H groups in total. The van der Waals surface area contributed by atoms with Crippen LogP contribution in [0.4, 0.5) is 0 Å². The van der Waals surface area contributed by atoms with Crippen LogP contribution in [-0.2, 0) is 22.7 Å². The average Bonchev–Trinajstić information content (AvgIpc) is 2.17. The lowest BCUT2D eigenvalue weighted by molar-refractivity contribution is 0.161. The van der Waals surface area contributed by atoms with Crippen molar-refractivity contribution >= 4 is 16.4 Å². The van der Waals surface area contributed by atoms with Crippen LogP contribution in [0.25, 0.3) is 0 Å². The second-order valence-electron chi connectivity index (χ2n) is 1.91. The van der Waals surface area contributed by atoms with Gasteiger partial charge in [-0.25, -0.2) is 4.57 Å². The van der Waals surface area contributed by atoms with Gasteiger partial charge in [0.1, 0.15) is 0 Å². The van der Waals surface area contributed by atoms with Crippen LogP contribution in [0, 0.1) is 0 Å². The fraction of sp³-hybridized carbons (Fsp3) is 1.00.